The zero-order valence-corrected chi connectivity index (χ0v) is 24.8. The normalized spacial score (nSPS) is 47.5. The highest BCUT2D eigenvalue weighted by Crippen LogP contribution is 2.75. The van der Waals surface area contributed by atoms with Crippen LogP contribution in [-0.4, -0.2) is 24.0 Å². The van der Waals surface area contributed by atoms with Gasteiger partial charge in [-0.1, -0.05) is 54.0 Å². The summed E-state index contributed by atoms with van der Waals surface area (Å²) in [5, 5.41) is 11.2. The van der Waals surface area contributed by atoms with Gasteiger partial charge in [0.1, 0.15) is 5.76 Å². The quantitative estimate of drug-likeness (QED) is 0.297. The van der Waals surface area contributed by atoms with E-state index in [0.717, 1.165) is 51.4 Å². The van der Waals surface area contributed by atoms with Crippen molar-refractivity contribution in [3.05, 3.63) is 34.5 Å². The molecule has 0 aromatic heterocycles. The summed E-state index contributed by atoms with van der Waals surface area (Å²) in [5.74, 6) is 0.229. The van der Waals surface area contributed by atoms with Crippen LogP contribution in [0.15, 0.2) is 23.1 Å². The number of rotatable bonds is 2. The number of esters is 1. The highest BCUT2D eigenvalue weighted by atomic mass is 16.5. The SMILES string of the molecule is [C-]#[N+]C1=C(O)[C@@](C)(CC)[C@@H]2CC[C@]3(C)C(=CC(=O)[C@@H]4[C@@H]5CC(C)(C)CC[C@]5(C(=O)OC)CC[C@]43C)[C@@]2(C)C1. The minimum absolute atomic E-state index is 0.0277. The van der Waals surface area contributed by atoms with Crippen molar-refractivity contribution >= 4 is 11.8 Å². The lowest BCUT2D eigenvalue weighted by atomic mass is 9.34. The van der Waals surface area contributed by atoms with E-state index >= 15 is 0 Å². The molecule has 0 spiro atoms. The second kappa shape index (κ2) is 8.21. The molecule has 5 aliphatic carbocycles. The van der Waals surface area contributed by atoms with Gasteiger partial charge in [0.15, 0.2) is 5.78 Å². The molecule has 3 fully saturated rings. The first kappa shape index (κ1) is 27.5. The van der Waals surface area contributed by atoms with Crippen molar-refractivity contribution in [1.29, 1.82) is 0 Å². The van der Waals surface area contributed by atoms with E-state index in [9.17, 15) is 14.7 Å². The molecule has 1 N–H and O–H groups in total. The summed E-state index contributed by atoms with van der Waals surface area (Å²) >= 11 is 0. The van der Waals surface area contributed by atoms with Crippen molar-refractivity contribution < 1.29 is 19.4 Å². The van der Waals surface area contributed by atoms with Crippen molar-refractivity contribution in [2.45, 2.75) is 106 Å². The van der Waals surface area contributed by atoms with E-state index < -0.39 is 10.8 Å². The molecule has 0 aromatic rings. The number of allylic oxidation sites excluding steroid dienone is 4. The van der Waals surface area contributed by atoms with Crippen LogP contribution in [0.1, 0.15) is 106 Å². The number of nitrogens with zero attached hydrogens (tertiary/aromatic N) is 1. The number of ketones is 1. The Morgan fingerprint density at radius 2 is 1.76 bits per heavy atom. The molecule has 0 heterocycles. The van der Waals surface area contributed by atoms with E-state index in [1.54, 1.807) is 0 Å². The highest BCUT2D eigenvalue weighted by Gasteiger charge is 2.71. The van der Waals surface area contributed by atoms with Gasteiger partial charge >= 0.3 is 5.97 Å². The molecule has 8 atom stereocenters. The van der Waals surface area contributed by atoms with Crippen molar-refractivity contribution in [3.8, 4) is 0 Å². The van der Waals surface area contributed by atoms with Gasteiger partial charge in [-0.15, -0.1) is 0 Å². The third-order valence-electron chi connectivity index (χ3n) is 13.3. The Kier molecular flexibility index (Phi) is 5.94. The molecule has 0 bridgehead atoms. The third kappa shape index (κ3) is 3.15. The van der Waals surface area contributed by atoms with Crippen LogP contribution in [0.25, 0.3) is 4.85 Å². The Labute approximate surface area is 229 Å². The maximum Gasteiger partial charge on any atom is 0.312 e. The average molecular weight is 522 g/mol. The fourth-order valence-electron chi connectivity index (χ4n) is 10.7. The van der Waals surface area contributed by atoms with Crippen LogP contribution in [0.5, 0.6) is 0 Å². The molecule has 0 aliphatic heterocycles. The first-order chi connectivity index (χ1) is 17.6. The second-order valence-corrected chi connectivity index (χ2v) is 15.2. The number of carbonyl (C=O) groups excluding carboxylic acids is 2. The molecule has 208 valence electrons. The molecular formula is C33H47NO4. The fraction of sp³-hybridized carbons (Fsp3) is 0.788. The molecule has 0 aromatic carbocycles. The van der Waals surface area contributed by atoms with Crippen molar-refractivity contribution in [3.63, 3.8) is 0 Å². The second-order valence-electron chi connectivity index (χ2n) is 15.2. The molecule has 0 unspecified atom stereocenters. The molecule has 0 saturated heterocycles. The maximum atomic E-state index is 14.5. The van der Waals surface area contributed by atoms with Crippen molar-refractivity contribution in [2.75, 3.05) is 7.11 Å². The number of aliphatic hydroxyl groups excluding tert-OH is 1. The van der Waals surface area contributed by atoms with E-state index in [0.29, 0.717) is 12.1 Å². The minimum Gasteiger partial charge on any atom is -0.523 e. The summed E-state index contributed by atoms with van der Waals surface area (Å²) in [4.78, 5) is 31.7. The molecule has 5 rings (SSSR count). The number of aliphatic hydroxyl groups is 1. The number of methoxy groups -OCH3 is 1. The zero-order chi connectivity index (χ0) is 28.1. The monoisotopic (exact) mass is 521 g/mol. The van der Waals surface area contributed by atoms with E-state index in [1.165, 1.54) is 12.7 Å². The molecule has 5 aliphatic rings. The van der Waals surface area contributed by atoms with E-state index in [4.69, 9.17) is 11.3 Å². The third-order valence-corrected chi connectivity index (χ3v) is 13.3. The molecule has 38 heavy (non-hydrogen) atoms. The predicted octanol–water partition coefficient (Wildman–Crippen LogP) is 7.83. The predicted molar refractivity (Wildman–Crippen MR) is 148 cm³/mol. The standard InChI is InChI=1S/C33H47NO4/c1-10-29(4)23-11-12-31(6)24(30(23,5)19-21(34-8)26(29)36)17-22(35)25-20-18-28(2,3)13-15-33(20,27(37)38-9)16-14-32(25,31)7/h17,20,23,25,36H,10-16,18-19H2,1-7,9H3/t20-,23-,25-,29-,30-,31+,32+,33-/m0/s1. The lowest BCUT2D eigenvalue weighted by Gasteiger charge is -2.69. The summed E-state index contributed by atoms with van der Waals surface area (Å²) in [6.45, 7) is 23.6. The fourth-order valence-corrected chi connectivity index (χ4v) is 10.7. The number of hydrogen-bond acceptors (Lipinski definition) is 4. The lowest BCUT2D eigenvalue weighted by molar-refractivity contribution is -0.192. The van der Waals surface area contributed by atoms with Gasteiger partial charge in [-0.25, -0.2) is 4.85 Å². The summed E-state index contributed by atoms with van der Waals surface area (Å²) < 4.78 is 5.43. The van der Waals surface area contributed by atoms with E-state index in [1.807, 2.05) is 6.08 Å². The van der Waals surface area contributed by atoms with Gasteiger partial charge in [0, 0.05) is 11.3 Å². The molecule has 5 nitrogen and oxygen atoms in total. The molecule has 0 amide bonds. The Morgan fingerprint density at radius 3 is 2.37 bits per heavy atom. The van der Waals surface area contributed by atoms with Crippen molar-refractivity contribution in [2.24, 2.45) is 50.2 Å². The van der Waals surface area contributed by atoms with Gasteiger partial charge in [-0.2, -0.15) is 0 Å². The first-order valence-corrected chi connectivity index (χ1v) is 14.8. The van der Waals surface area contributed by atoms with Crippen LogP contribution in [0.3, 0.4) is 0 Å². The van der Waals surface area contributed by atoms with Crippen LogP contribution >= 0.6 is 0 Å². The van der Waals surface area contributed by atoms with Crippen LogP contribution < -0.4 is 0 Å². The van der Waals surface area contributed by atoms with Gasteiger partial charge in [-0.3, -0.25) is 9.59 Å². The van der Waals surface area contributed by atoms with Crippen molar-refractivity contribution in [1.82, 2.24) is 0 Å². The van der Waals surface area contributed by atoms with Crippen LogP contribution in [0, 0.1) is 56.8 Å². The summed E-state index contributed by atoms with van der Waals surface area (Å²) in [6.07, 6.45) is 9.34. The topological polar surface area (TPSA) is 68.0 Å². The molecule has 0 radical (unpaired) electrons. The first-order valence-electron chi connectivity index (χ1n) is 14.8. The number of hydrogen-bond donors (Lipinski definition) is 1. The average Bonchev–Trinajstić information content (AvgIpc) is 2.86. The maximum absolute atomic E-state index is 14.5. The highest BCUT2D eigenvalue weighted by molar-refractivity contribution is 5.96. The number of ether oxygens (including phenoxy) is 1. The number of fused-ring (bicyclic) bond motifs is 7. The Bertz CT molecular complexity index is 1190. The molecular weight excluding hydrogens is 474 g/mol. The van der Waals surface area contributed by atoms with Crippen LogP contribution in [0.4, 0.5) is 0 Å². The molecule has 5 heteroatoms. The molecule has 3 saturated carbocycles. The van der Waals surface area contributed by atoms with E-state index in [2.05, 4.69) is 53.3 Å². The smallest absolute Gasteiger partial charge is 0.312 e. The van der Waals surface area contributed by atoms with Crippen LogP contribution in [-0.2, 0) is 14.3 Å². The Balaban J connectivity index is 1.69. The van der Waals surface area contributed by atoms with E-state index in [-0.39, 0.29) is 56.9 Å². The summed E-state index contributed by atoms with van der Waals surface area (Å²) in [7, 11) is 1.50. The number of carbonyl (C=O) groups is 2. The largest absolute Gasteiger partial charge is 0.523 e. The van der Waals surface area contributed by atoms with Crippen LogP contribution in [0.2, 0.25) is 0 Å². The summed E-state index contributed by atoms with van der Waals surface area (Å²) in [6, 6.07) is 0. The lowest BCUT2D eigenvalue weighted by Crippen LogP contribution is -2.65. The van der Waals surface area contributed by atoms with Gasteiger partial charge < -0.3 is 9.84 Å². The Morgan fingerprint density at radius 1 is 1.11 bits per heavy atom. The van der Waals surface area contributed by atoms with Gasteiger partial charge in [0.25, 0.3) is 0 Å². The van der Waals surface area contributed by atoms with Gasteiger partial charge in [0.2, 0.25) is 5.70 Å². The Hall–Kier alpha value is -2.09. The van der Waals surface area contributed by atoms with Gasteiger partial charge in [-0.05, 0) is 97.4 Å². The van der Waals surface area contributed by atoms with Gasteiger partial charge in [0.05, 0.1) is 19.1 Å². The summed E-state index contributed by atoms with van der Waals surface area (Å²) in [5.41, 5.74) is -0.179. The minimum atomic E-state index is -0.579. The zero-order valence-electron chi connectivity index (χ0n) is 24.8.